The van der Waals surface area contributed by atoms with E-state index in [0.29, 0.717) is 28.7 Å². The van der Waals surface area contributed by atoms with Crippen LogP contribution in [-0.2, 0) is 4.79 Å². The minimum Gasteiger partial charge on any atom is -0.352 e. The van der Waals surface area contributed by atoms with Crippen LogP contribution in [0.3, 0.4) is 0 Å². The fraction of sp³-hybridized carbons (Fsp3) is 0.600. The summed E-state index contributed by atoms with van der Waals surface area (Å²) in [7, 11) is 0. The monoisotopic (exact) mass is 366 g/mol. The molecule has 25 heavy (non-hydrogen) atoms. The molecule has 0 aliphatic heterocycles. The number of unbranched alkanes of at least 4 members (excludes halogenated alkanes) is 1. The summed E-state index contributed by atoms with van der Waals surface area (Å²) in [5, 5.41) is 6.23. The molecule has 0 bridgehead atoms. The lowest BCUT2D eigenvalue weighted by molar-refractivity contribution is -0.120. The first-order chi connectivity index (χ1) is 11.9. The summed E-state index contributed by atoms with van der Waals surface area (Å²) in [6.45, 7) is 8.99. The Morgan fingerprint density at radius 3 is 2.48 bits per heavy atom. The quantitative estimate of drug-likeness (QED) is 0.592. The summed E-state index contributed by atoms with van der Waals surface area (Å²) in [6, 6.07) is 4.98. The van der Waals surface area contributed by atoms with Gasteiger partial charge >= 0.3 is 0 Å². The van der Waals surface area contributed by atoms with Crippen LogP contribution >= 0.6 is 11.6 Å². The van der Waals surface area contributed by atoms with Crippen molar-refractivity contribution in [2.24, 2.45) is 11.8 Å². The van der Waals surface area contributed by atoms with Crippen molar-refractivity contribution in [2.75, 3.05) is 11.9 Å². The average Bonchev–Trinajstić information content (AvgIpc) is 2.57. The highest BCUT2D eigenvalue weighted by Gasteiger charge is 2.18. The first kappa shape index (κ1) is 21.5. The molecule has 1 aromatic rings. The lowest BCUT2D eigenvalue weighted by Crippen LogP contribution is -2.26. The highest BCUT2D eigenvalue weighted by molar-refractivity contribution is 6.33. The minimum atomic E-state index is -0.147. The Labute approximate surface area is 156 Å². The molecule has 140 valence electrons. The van der Waals surface area contributed by atoms with E-state index in [4.69, 9.17) is 11.6 Å². The molecule has 0 aromatic heterocycles. The zero-order chi connectivity index (χ0) is 18.8. The first-order valence-electron chi connectivity index (χ1n) is 9.27. The van der Waals surface area contributed by atoms with Crippen molar-refractivity contribution in [3.8, 4) is 0 Å². The van der Waals surface area contributed by atoms with Crippen molar-refractivity contribution < 1.29 is 9.59 Å². The number of carbonyl (C=O) groups excluding carboxylic acids is 2. The van der Waals surface area contributed by atoms with Crippen LogP contribution in [0.15, 0.2) is 18.2 Å². The molecule has 0 aliphatic carbocycles. The highest BCUT2D eigenvalue weighted by Crippen LogP contribution is 2.25. The fourth-order valence-electron chi connectivity index (χ4n) is 2.54. The molecule has 0 radical (unpaired) electrons. The Morgan fingerprint density at radius 2 is 1.88 bits per heavy atom. The summed E-state index contributed by atoms with van der Waals surface area (Å²) in [5.74, 6) is 0.329. The first-order valence-corrected chi connectivity index (χ1v) is 9.65. The summed E-state index contributed by atoms with van der Waals surface area (Å²) in [6.07, 6.45) is 4.68. The molecule has 0 fully saturated rings. The SMILES string of the molecule is CCCC[C@@H](CC)C(=O)Nc1cc(C(=O)NCCC(C)C)ccc1Cl. The third kappa shape index (κ3) is 7.47. The number of rotatable bonds is 10. The van der Waals surface area contributed by atoms with Gasteiger partial charge in [-0.2, -0.15) is 0 Å². The normalized spacial score (nSPS) is 12.1. The van der Waals surface area contributed by atoms with Crippen LogP contribution in [0.4, 0.5) is 5.69 Å². The molecule has 1 aromatic carbocycles. The molecule has 1 atom stereocenters. The zero-order valence-corrected chi connectivity index (χ0v) is 16.6. The van der Waals surface area contributed by atoms with Crippen LogP contribution in [-0.4, -0.2) is 18.4 Å². The van der Waals surface area contributed by atoms with Crippen molar-refractivity contribution in [3.63, 3.8) is 0 Å². The maximum atomic E-state index is 12.5. The second-order valence-corrected chi connectivity index (χ2v) is 7.28. The number of nitrogens with one attached hydrogen (secondary N) is 2. The Kier molecular flexibility index (Phi) is 9.58. The summed E-state index contributed by atoms with van der Waals surface area (Å²) in [5.41, 5.74) is 1.00. The third-order valence-corrected chi connectivity index (χ3v) is 4.59. The largest absolute Gasteiger partial charge is 0.352 e. The average molecular weight is 367 g/mol. The van der Waals surface area contributed by atoms with Gasteiger partial charge < -0.3 is 10.6 Å². The van der Waals surface area contributed by atoms with Gasteiger partial charge in [-0.1, -0.05) is 52.1 Å². The Bertz CT molecular complexity index is 573. The Balaban J connectivity index is 2.76. The number of carbonyl (C=O) groups is 2. The van der Waals surface area contributed by atoms with Crippen LogP contribution < -0.4 is 10.6 Å². The van der Waals surface area contributed by atoms with E-state index in [2.05, 4.69) is 31.4 Å². The van der Waals surface area contributed by atoms with Crippen LogP contribution in [0.5, 0.6) is 0 Å². The molecule has 5 heteroatoms. The maximum absolute atomic E-state index is 12.5. The summed E-state index contributed by atoms with van der Waals surface area (Å²) >= 11 is 6.20. The number of halogens is 1. The van der Waals surface area contributed by atoms with E-state index in [-0.39, 0.29) is 17.7 Å². The number of hydrogen-bond acceptors (Lipinski definition) is 2. The zero-order valence-electron chi connectivity index (χ0n) is 15.8. The number of anilines is 1. The molecule has 2 amide bonds. The molecule has 0 unspecified atom stereocenters. The van der Waals surface area contributed by atoms with E-state index < -0.39 is 0 Å². The van der Waals surface area contributed by atoms with Gasteiger partial charge in [-0.15, -0.1) is 0 Å². The number of hydrogen-bond donors (Lipinski definition) is 2. The van der Waals surface area contributed by atoms with Gasteiger partial charge in [-0.05, 0) is 43.4 Å². The minimum absolute atomic E-state index is 0.0282. The molecular formula is C20H31ClN2O2. The van der Waals surface area contributed by atoms with Gasteiger partial charge in [0.15, 0.2) is 0 Å². The predicted octanol–water partition coefficient (Wildman–Crippen LogP) is 5.27. The topological polar surface area (TPSA) is 58.2 Å². The third-order valence-electron chi connectivity index (χ3n) is 4.26. The second kappa shape index (κ2) is 11.1. The van der Waals surface area contributed by atoms with Gasteiger partial charge in [0, 0.05) is 18.0 Å². The number of benzene rings is 1. The molecule has 0 saturated heterocycles. The summed E-state index contributed by atoms with van der Waals surface area (Å²) in [4.78, 5) is 24.7. The van der Waals surface area contributed by atoms with Crippen LogP contribution in [0.1, 0.15) is 70.2 Å². The van der Waals surface area contributed by atoms with Crippen molar-refractivity contribution >= 4 is 29.1 Å². The lowest BCUT2D eigenvalue weighted by atomic mass is 9.98. The lowest BCUT2D eigenvalue weighted by Gasteiger charge is -2.16. The maximum Gasteiger partial charge on any atom is 0.251 e. The van der Waals surface area contributed by atoms with Gasteiger partial charge in [-0.3, -0.25) is 9.59 Å². The van der Waals surface area contributed by atoms with Crippen LogP contribution in [0, 0.1) is 11.8 Å². The molecule has 0 spiro atoms. The molecule has 0 aliphatic rings. The van der Waals surface area contributed by atoms with E-state index in [9.17, 15) is 9.59 Å². The standard InChI is InChI=1S/C20H31ClN2O2/c1-5-7-8-15(6-2)20(25)23-18-13-16(9-10-17(18)21)19(24)22-12-11-14(3)4/h9-10,13-15H,5-8,11-12H2,1-4H3,(H,22,24)(H,23,25)/t15-/m1/s1. The summed E-state index contributed by atoms with van der Waals surface area (Å²) < 4.78 is 0. The van der Waals surface area contributed by atoms with Crippen molar-refractivity contribution in [3.05, 3.63) is 28.8 Å². The van der Waals surface area contributed by atoms with Crippen LogP contribution in [0.2, 0.25) is 5.02 Å². The van der Waals surface area contributed by atoms with E-state index >= 15 is 0 Å². The van der Waals surface area contributed by atoms with Gasteiger partial charge in [0.1, 0.15) is 0 Å². The van der Waals surface area contributed by atoms with E-state index in [1.807, 2.05) is 6.92 Å². The van der Waals surface area contributed by atoms with Crippen LogP contribution in [0.25, 0.3) is 0 Å². The smallest absolute Gasteiger partial charge is 0.251 e. The predicted molar refractivity (Wildman–Crippen MR) is 105 cm³/mol. The molecule has 0 heterocycles. The van der Waals surface area contributed by atoms with Crippen molar-refractivity contribution in [1.82, 2.24) is 5.32 Å². The van der Waals surface area contributed by atoms with E-state index in [1.165, 1.54) is 0 Å². The fourth-order valence-corrected chi connectivity index (χ4v) is 2.71. The van der Waals surface area contributed by atoms with Gasteiger partial charge in [-0.25, -0.2) is 0 Å². The van der Waals surface area contributed by atoms with Gasteiger partial charge in [0.25, 0.3) is 5.91 Å². The van der Waals surface area contributed by atoms with Crippen molar-refractivity contribution in [2.45, 2.75) is 59.8 Å². The molecular weight excluding hydrogens is 336 g/mol. The highest BCUT2D eigenvalue weighted by atomic mass is 35.5. The molecule has 4 nitrogen and oxygen atoms in total. The molecule has 1 rings (SSSR count). The van der Waals surface area contributed by atoms with Crippen molar-refractivity contribution in [1.29, 1.82) is 0 Å². The van der Waals surface area contributed by atoms with E-state index in [1.54, 1.807) is 18.2 Å². The molecule has 0 saturated carbocycles. The van der Waals surface area contributed by atoms with Gasteiger partial charge in [0.2, 0.25) is 5.91 Å². The molecule has 2 N–H and O–H groups in total. The second-order valence-electron chi connectivity index (χ2n) is 6.87. The van der Waals surface area contributed by atoms with Gasteiger partial charge in [0.05, 0.1) is 10.7 Å². The Hall–Kier alpha value is -1.55. The Morgan fingerprint density at radius 1 is 1.16 bits per heavy atom. The van der Waals surface area contributed by atoms with E-state index in [0.717, 1.165) is 32.1 Å². The number of amides is 2.